The fraction of sp³-hybridized carbons (Fsp3) is 0.222. The molecule has 2 N–H and O–H groups in total. The molecule has 10 heteroatoms. The number of halogens is 4. The van der Waals surface area contributed by atoms with E-state index in [1.54, 1.807) is 36.4 Å². The molecule has 0 radical (unpaired) electrons. The summed E-state index contributed by atoms with van der Waals surface area (Å²) in [4.78, 5) is 23.8. The van der Waals surface area contributed by atoms with Gasteiger partial charge >= 0.3 is 0 Å². The molecule has 2 aromatic rings. The molecular weight excluding hydrogens is 482 g/mol. The number of carbonyl (C=O) groups excluding carboxylic acids is 2. The second kappa shape index (κ2) is 12.1. The van der Waals surface area contributed by atoms with Crippen LogP contribution in [-0.4, -0.2) is 34.8 Å². The topological polar surface area (TPSA) is 58.2 Å². The Balaban J connectivity index is 1.58. The molecule has 28 heavy (non-hydrogen) atoms. The summed E-state index contributed by atoms with van der Waals surface area (Å²) in [6.45, 7) is 0. The van der Waals surface area contributed by atoms with Crippen molar-refractivity contribution in [1.82, 2.24) is 0 Å². The van der Waals surface area contributed by atoms with E-state index in [1.165, 1.54) is 23.5 Å². The Hall–Kier alpha value is -0.760. The van der Waals surface area contributed by atoms with Crippen LogP contribution in [0.2, 0.25) is 20.1 Å². The van der Waals surface area contributed by atoms with Crippen molar-refractivity contribution in [2.75, 3.05) is 33.6 Å². The first-order valence-electron chi connectivity index (χ1n) is 8.00. The molecule has 0 fully saturated rings. The van der Waals surface area contributed by atoms with Gasteiger partial charge in [0.1, 0.15) is 0 Å². The number of benzene rings is 2. The minimum atomic E-state index is -0.120. The number of amides is 2. The third-order valence-corrected chi connectivity index (χ3v) is 6.90. The summed E-state index contributed by atoms with van der Waals surface area (Å²) in [7, 11) is 0. The normalized spacial score (nSPS) is 10.6. The monoisotopic (exact) mass is 496 g/mol. The van der Waals surface area contributed by atoms with E-state index in [0.717, 1.165) is 11.5 Å². The lowest BCUT2D eigenvalue weighted by atomic mass is 10.3. The predicted octanol–water partition coefficient (Wildman–Crippen LogP) is 6.34. The number of thioether (sulfide) groups is 2. The van der Waals surface area contributed by atoms with Crippen LogP contribution in [0.15, 0.2) is 36.4 Å². The number of hydrogen-bond donors (Lipinski definition) is 2. The molecule has 4 nitrogen and oxygen atoms in total. The Kier molecular flexibility index (Phi) is 10.1. The lowest BCUT2D eigenvalue weighted by Gasteiger charge is -2.07. The molecule has 0 aliphatic carbocycles. The molecule has 0 saturated heterocycles. The number of carbonyl (C=O) groups is 2. The summed E-state index contributed by atoms with van der Waals surface area (Å²) >= 11 is 26.5. The Morgan fingerprint density at radius 2 is 1.07 bits per heavy atom. The van der Waals surface area contributed by atoms with E-state index in [0.29, 0.717) is 43.0 Å². The van der Waals surface area contributed by atoms with Crippen LogP contribution in [0.1, 0.15) is 0 Å². The molecule has 0 aromatic heterocycles. The zero-order valence-electron chi connectivity index (χ0n) is 14.4. The molecule has 2 amide bonds. The van der Waals surface area contributed by atoms with Crippen molar-refractivity contribution in [1.29, 1.82) is 0 Å². The van der Waals surface area contributed by atoms with Crippen LogP contribution >= 0.6 is 69.9 Å². The predicted molar refractivity (Wildman–Crippen MR) is 125 cm³/mol. The number of anilines is 2. The maximum absolute atomic E-state index is 11.9. The van der Waals surface area contributed by atoms with Crippen LogP contribution in [-0.2, 0) is 9.59 Å². The summed E-state index contributed by atoms with van der Waals surface area (Å²) in [6, 6.07) is 9.86. The molecule has 0 aliphatic rings. The first-order chi connectivity index (χ1) is 13.3. The van der Waals surface area contributed by atoms with Gasteiger partial charge in [-0.1, -0.05) is 46.4 Å². The fourth-order valence-electron chi connectivity index (χ4n) is 1.99. The van der Waals surface area contributed by atoms with Gasteiger partial charge in [0.05, 0.1) is 31.6 Å². The highest BCUT2D eigenvalue weighted by molar-refractivity contribution is 8.03. The van der Waals surface area contributed by atoms with Crippen molar-refractivity contribution >= 4 is 93.1 Å². The van der Waals surface area contributed by atoms with Crippen molar-refractivity contribution in [3.63, 3.8) is 0 Å². The average Bonchev–Trinajstić information content (AvgIpc) is 2.64. The highest BCUT2D eigenvalue weighted by Gasteiger charge is 2.07. The van der Waals surface area contributed by atoms with Gasteiger partial charge < -0.3 is 10.6 Å². The molecule has 0 bridgehead atoms. The van der Waals surface area contributed by atoms with Gasteiger partial charge in [0.2, 0.25) is 11.8 Å². The van der Waals surface area contributed by atoms with Crippen molar-refractivity contribution in [3.05, 3.63) is 56.5 Å². The third-order valence-electron chi connectivity index (χ3n) is 3.25. The van der Waals surface area contributed by atoms with Gasteiger partial charge in [0.15, 0.2) is 0 Å². The lowest BCUT2D eigenvalue weighted by Crippen LogP contribution is -2.15. The van der Waals surface area contributed by atoms with Crippen molar-refractivity contribution in [2.24, 2.45) is 0 Å². The number of hydrogen-bond acceptors (Lipinski definition) is 4. The Bertz CT molecular complexity index is 783. The van der Waals surface area contributed by atoms with Gasteiger partial charge in [-0.15, -0.1) is 0 Å². The molecule has 0 spiro atoms. The Labute approximate surface area is 192 Å². The van der Waals surface area contributed by atoms with Crippen molar-refractivity contribution in [3.8, 4) is 0 Å². The van der Waals surface area contributed by atoms with E-state index in [9.17, 15) is 9.59 Å². The first kappa shape index (κ1) is 23.5. The van der Waals surface area contributed by atoms with Crippen LogP contribution in [0.4, 0.5) is 11.4 Å². The van der Waals surface area contributed by atoms with Crippen LogP contribution in [0.25, 0.3) is 0 Å². The third kappa shape index (κ3) is 8.31. The maximum atomic E-state index is 11.9. The van der Waals surface area contributed by atoms with E-state index < -0.39 is 0 Å². The molecule has 2 aromatic carbocycles. The van der Waals surface area contributed by atoms with Crippen LogP contribution < -0.4 is 10.6 Å². The summed E-state index contributed by atoms with van der Waals surface area (Å²) in [5, 5.41) is 7.18. The zero-order chi connectivity index (χ0) is 20.5. The molecule has 0 heterocycles. The quantitative estimate of drug-likeness (QED) is 0.396. The molecule has 0 saturated carbocycles. The van der Waals surface area contributed by atoms with E-state index in [2.05, 4.69) is 10.6 Å². The molecular formula is C18H16Cl4N2O2S2. The smallest absolute Gasteiger partial charge is 0.234 e. The van der Waals surface area contributed by atoms with E-state index in [1.807, 2.05) is 0 Å². The molecule has 0 unspecified atom stereocenters. The minimum absolute atomic E-state index is 0.120. The van der Waals surface area contributed by atoms with Crippen LogP contribution in [0.5, 0.6) is 0 Å². The van der Waals surface area contributed by atoms with Crippen LogP contribution in [0.3, 0.4) is 0 Å². The van der Waals surface area contributed by atoms with Gasteiger partial charge in [0.25, 0.3) is 0 Å². The van der Waals surface area contributed by atoms with Gasteiger partial charge in [-0.2, -0.15) is 23.5 Å². The van der Waals surface area contributed by atoms with Crippen molar-refractivity contribution in [2.45, 2.75) is 0 Å². The second-order valence-electron chi connectivity index (χ2n) is 5.46. The lowest BCUT2D eigenvalue weighted by molar-refractivity contribution is -0.114. The van der Waals surface area contributed by atoms with E-state index >= 15 is 0 Å². The SMILES string of the molecule is O=C(CSCCSCC(=O)Nc1ccc(Cl)c(Cl)c1)Nc1ccc(Cl)c(Cl)c1. The minimum Gasteiger partial charge on any atom is -0.325 e. The van der Waals surface area contributed by atoms with Gasteiger partial charge in [0, 0.05) is 22.9 Å². The molecule has 0 aliphatic heterocycles. The Morgan fingerprint density at radius 1 is 0.679 bits per heavy atom. The maximum Gasteiger partial charge on any atom is 0.234 e. The standard InChI is InChI=1S/C18H16Cl4N2O2S2/c19-13-3-1-11(7-15(13)21)23-17(25)9-27-5-6-28-10-18(26)24-12-2-4-14(20)16(22)8-12/h1-4,7-8H,5-6,9-10H2,(H,23,25)(H,24,26). The fourth-order valence-corrected chi connectivity index (χ4v) is 4.33. The second-order valence-corrected chi connectivity index (χ2v) is 9.30. The van der Waals surface area contributed by atoms with E-state index in [-0.39, 0.29) is 11.8 Å². The van der Waals surface area contributed by atoms with Gasteiger partial charge in [-0.05, 0) is 36.4 Å². The first-order valence-corrected chi connectivity index (χ1v) is 11.8. The summed E-state index contributed by atoms with van der Waals surface area (Å²) in [5.74, 6) is 1.89. The number of rotatable bonds is 9. The highest BCUT2D eigenvalue weighted by atomic mass is 35.5. The van der Waals surface area contributed by atoms with Gasteiger partial charge in [-0.3, -0.25) is 9.59 Å². The Morgan fingerprint density at radius 3 is 1.43 bits per heavy atom. The van der Waals surface area contributed by atoms with E-state index in [4.69, 9.17) is 46.4 Å². The molecule has 0 atom stereocenters. The van der Waals surface area contributed by atoms with Crippen molar-refractivity contribution < 1.29 is 9.59 Å². The summed E-state index contributed by atoms with van der Waals surface area (Å²) < 4.78 is 0. The summed E-state index contributed by atoms with van der Waals surface area (Å²) in [6.07, 6.45) is 0. The number of nitrogens with one attached hydrogen (secondary N) is 2. The molecule has 150 valence electrons. The largest absolute Gasteiger partial charge is 0.325 e. The zero-order valence-corrected chi connectivity index (χ0v) is 19.1. The summed E-state index contributed by atoms with van der Waals surface area (Å²) in [5.41, 5.74) is 1.21. The van der Waals surface area contributed by atoms with Crippen LogP contribution in [0, 0.1) is 0 Å². The highest BCUT2D eigenvalue weighted by Crippen LogP contribution is 2.26. The van der Waals surface area contributed by atoms with Gasteiger partial charge in [-0.25, -0.2) is 0 Å². The average molecular weight is 498 g/mol. The molecule has 2 rings (SSSR count).